The van der Waals surface area contributed by atoms with Crippen LogP contribution in [0.25, 0.3) is 0 Å². The molecule has 2 aromatic rings. The first-order valence-corrected chi connectivity index (χ1v) is 7.19. The maximum Gasteiger partial charge on any atom is 0.280 e. The van der Waals surface area contributed by atoms with Gasteiger partial charge in [-0.2, -0.15) is 0 Å². The lowest BCUT2D eigenvalue weighted by Gasteiger charge is -2.15. The van der Waals surface area contributed by atoms with Gasteiger partial charge >= 0.3 is 0 Å². The van der Waals surface area contributed by atoms with Crippen LogP contribution in [0.1, 0.15) is 40.6 Å². The van der Waals surface area contributed by atoms with Crippen molar-refractivity contribution < 1.29 is 14.2 Å². The standard InChI is InChI=1S/C15H13N3O4/c19-15(12-8-14(22-16-12)10-1-2-10)17-6-5-9-3-4-11(18(20)21)7-13(9)17/h3-4,7-8,10H,1-2,5-6H2. The Balaban J connectivity index is 1.65. The largest absolute Gasteiger partial charge is 0.360 e. The number of anilines is 1. The highest BCUT2D eigenvalue weighted by molar-refractivity contribution is 6.06. The molecule has 0 bridgehead atoms. The van der Waals surface area contributed by atoms with E-state index < -0.39 is 4.92 Å². The van der Waals surface area contributed by atoms with Gasteiger partial charge in [-0.3, -0.25) is 14.9 Å². The first kappa shape index (κ1) is 13.0. The molecule has 1 saturated carbocycles. The van der Waals surface area contributed by atoms with E-state index in [0.717, 1.165) is 24.2 Å². The Kier molecular flexibility index (Phi) is 2.75. The Hall–Kier alpha value is -2.70. The molecule has 0 radical (unpaired) electrons. The van der Waals surface area contributed by atoms with Crippen molar-refractivity contribution in [2.75, 3.05) is 11.4 Å². The number of nitro groups is 1. The summed E-state index contributed by atoms with van der Waals surface area (Å²) < 4.78 is 5.21. The zero-order valence-corrected chi connectivity index (χ0v) is 11.7. The summed E-state index contributed by atoms with van der Waals surface area (Å²) in [6.45, 7) is 0.501. The van der Waals surface area contributed by atoms with E-state index in [1.54, 1.807) is 12.1 Å². The lowest BCUT2D eigenvalue weighted by Crippen LogP contribution is -2.29. The number of hydrogen-bond donors (Lipinski definition) is 0. The molecule has 0 atom stereocenters. The first-order valence-electron chi connectivity index (χ1n) is 7.19. The smallest absolute Gasteiger partial charge is 0.280 e. The van der Waals surface area contributed by atoms with Gasteiger partial charge in [0.15, 0.2) is 5.69 Å². The number of rotatable bonds is 3. The lowest BCUT2D eigenvalue weighted by molar-refractivity contribution is -0.384. The van der Waals surface area contributed by atoms with Gasteiger partial charge in [0.05, 0.1) is 10.6 Å². The molecule has 0 N–H and O–H groups in total. The molecule has 112 valence electrons. The predicted octanol–water partition coefficient (Wildman–Crippen LogP) is 2.66. The molecule has 2 aliphatic rings. The quantitative estimate of drug-likeness (QED) is 0.642. The van der Waals surface area contributed by atoms with Crippen molar-refractivity contribution in [2.24, 2.45) is 0 Å². The third kappa shape index (κ3) is 2.05. The van der Waals surface area contributed by atoms with E-state index in [1.165, 1.54) is 17.0 Å². The number of nitrogens with zero attached hydrogens (tertiary/aromatic N) is 3. The van der Waals surface area contributed by atoms with Gasteiger partial charge in [-0.05, 0) is 24.8 Å². The minimum absolute atomic E-state index is 0.0164. The van der Waals surface area contributed by atoms with Crippen molar-refractivity contribution >= 4 is 17.3 Å². The van der Waals surface area contributed by atoms with E-state index in [4.69, 9.17) is 4.52 Å². The summed E-state index contributed by atoms with van der Waals surface area (Å²) >= 11 is 0. The normalized spacial score (nSPS) is 16.6. The zero-order chi connectivity index (χ0) is 15.3. The number of fused-ring (bicyclic) bond motifs is 1. The molecule has 1 aliphatic carbocycles. The summed E-state index contributed by atoms with van der Waals surface area (Å²) in [7, 11) is 0. The number of carbonyl (C=O) groups excluding carboxylic acids is 1. The Labute approximate surface area is 125 Å². The number of aromatic nitrogens is 1. The average molecular weight is 299 g/mol. The molecule has 1 aromatic heterocycles. The van der Waals surface area contributed by atoms with Gasteiger partial charge < -0.3 is 9.42 Å². The molecule has 22 heavy (non-hydrogen) atoms. The van der Waals surface area contributed by atoms with Gasteiger partial charge in [0.1, 0.15) is 5.76 Å². The highest BCUT2D eigenvalue weighted by atomic mass is 16.6. The highest BCUT2D eigenvalue weighted by Gasteiger charge is 2.32. The highest BCUT2D eigenvalue weighted by Crippen LogP contribution is 2.40. The minimum Gasteiger partial charge on any atom is -0.360 e. The molecule has 7 nitrogen and oxygen atoms in total. The fourth-order valence-corrected chi connectivity index (χ4v) is 2.78. The molecule has 1 fully saturated rings. The van der Waals surface area contributed by atoms with E-state index >= 15 is 0 Å². The van der Waals surface area contributed by atoms with Gasteiger partial charge in [0.25, 0.3) is 11.6 Å². The van der Waals surface area contributed by atoms with Crippen LogP contribution in [0.5, 0.6) is 0 Å². The molecular weight excluding hydrogens is 286 g/mol. The molecule has 1 aromatic carbocycles. The number of hydrogen-bond acceptors (Lipinski definition) is 5. The fourth-order valence-electron chi connectivity index (χ4n) is 2.78. The monoisotopic (exact) mass is 299 g/mol. The van der Waals surface area contributed by atoms with Crippen LogP contribution < -0.4 is 4.90 Å². The van der Waals surface area contributed by atoms with Crippen molar-refractivity contribution in [3.05, 3.63) is 51.4 Å². The maximum atomic E-state index is 12.6. The van der Waals surface area contributed by atoms with Gasteiger partial charge in [-0.1, -0.05) is 11.2 Å². The SMILES string of the molecule is O=C(c1cc(C2CC2)on1)N1CCc2ccc([N+](=O)[O-])cc21. The number of carbonyl (C=O) groups is 1. The number of non-ortho nitro benzene ring substituents is 1. The topological polar surface area (TPSA) is 89.5 Å². The van der Waals surface area contributed by atoms with Gasteiger partial charge in [-0.25, -0.2) is 0 Å². The van der Waals surface area contributed by atoms with Crippen LogP contribution in [0, 0.1) is 10.1 Å². The second-order valence-electron chi connectivity index (χ2n) is 5.67. The van der Waals surface area contributed by atoms with E-state index in [1.807, 2.05) is 0 Å². The molecular formula is C15H13N3O4. The van der Waals surface area contributed by atoms with Crippen molar-refractivity contribution in [2.45, 2.75) is 25.2 Å². The van der Waals surface area contributed by atoms with Crippen LogP contribution in [0.15, 0.2) is 28.8 Å². The summed E-state index contributed by atoms with van der Waals surface area (Å²) in [5, 5.41) is 14.8. The van der Waals surface area contributed by atoms with E-state index in [0.29, 0.717) is 24.6 Å². The molecule has 2 heterocycles. The molecule has 0 saturated heterocycles. The van der Waals surface area contributed by atoms with Crippen LogP contribution in [-0.2, 0) is 6.42 Å². The summed E-state index contributed by atoms with van der Waals surface area (Å²) in [6.07, 6.45) is 2.83. The van der Waals surface area contributed by atoms with Crippen molar-refractivity contribution in [3.8, 4) is 0 Å². The predicted molar refractivity (Wildman–Crippen MR) is 77.0 cm³/mol. The third-order valence-corrected chi connectivity index (χ3v) is 4.15. The lowest BCUT2D eigenvalue weighted by atomic mass is 10.1. The zero-order valence-electron chi connectivity index (χ0n) is 11.7. The summed E-state index contributed by atoms with van der Waals surface area (Å²) in [5.41, 5.74) is 1.78. The fraction of sp³-hybridized carbons (Fsp3) is 0.333. The molecule has 0 unspecified atom stereocenters. The van der Waals surface area contributed by atoms with Crippen LogP contribution in [-0.4, -0.2) is 22.5 Å². The van der Waals surface area contributed by atoms with E-state index in [-0.39, 0.29) is 17.3 Å². The number of amides is 1. The van der Waals surface area contributed by atoms with Crippen LogP contribution in [0.3, 0.4) is 0 Å². The summed E-state index contributed by atoms with van der Waals surface area (Å²) in [4.78, 5) is 24.6. The van der Waals surface area contributed by atoms with Crippen LogP contribution in [0.4, 0.5) is 11.4 Å². The molecule has 1 aliphatic heterocycles. The van der Waals surface area contributed by atoms with E-state index in [2.05, 4.69) is 5.16 Å². The maximum absolute atomic E-state index is 12.6. The van der Waals surface area contributed by atoms with Crippen molar-refractivity contribution in [3.63, 3.8) is 0 Å². The molecule has 4 rings (SSSR count). The minimum atomic E-state index is -0.456. The van der Waals surface area contributed by atoms with E-state index in [9.17, 15) is 14.9 Å². The summed E-state index contributed by atoms with van der Waals surface area (Å²) in [6, 6.07) is 6.31. The van der Waals surface area contributed by atoms with Crippen LogP contribution >= 0.6 is 0 Å². The Morgan fingerprint density at radius 1 is 1.36 bits per heavy atom. The van der Waals surface area contributed by atoms with Crippen molar-refractivity contribution in [1.29, 1.82) is 0 Å². The Morgan fingerprint density at radius 3 is 2.91 bits per heavy atom. The van der Waals surface area contributed by atoms with Crippen LogP contribution in [0.2, 0.25) is 0 Å². The Morgan fingerprint density at radius 2 is 2.18 bits per heavy atom. The van der Waals surface area contributed by atoms with Gasteiger partial charge in [0, 0.05) is 30.7 Å². The second-order valence-corrected chi connectivity index (χ2v) is 5.67. The average Bonchev–Trinajstić information content (AvgIpc) is 3.10. The van der Waals surface area contributed by atoms with Gasteiger partial charge in [0.2, 0.25) is 0 Å². The first-order chi connectivity index (χ1) is 10.6. The molecule has 7 heteroatoms. The summed E-state index contributed by atoms with van der Waals surface area (Å²) in [5.74, 6) is 0.873. The van der Waals surface area contributed by atoms with Gasteiger partial charge in [-0.15, -0.1) is 0 Å². The third-order valence-electron chi connectivity index (χ3n) is 4.15. The Bertz CT molecular complexity index is 779. The number of benzene rings is 1. The molecule has 0 spiro atoms. The van der Waals surface area contributed by atoms with Crippen molar-refractivity contribution in [1.82, 2.24) is 5.16 Å². The second kappa shape index (κ2) is 4.66. The number of nitro benzene ring substituents is 1. The molecule has 1 amide bonds.